The van der Waals surface area contributed by atoms with Gasteiger partial charge in [-0.3, -0.25) is 4.90 Å². The van der Waals surface area contributed by atoms with E-state index in [0.29, 0.717) is 6.04 Å². The summed E-state index contributed by atoms with van der Waals surface area (Å²) >= 11 is 0. The molecule has 0 spiro atoms. The van der Waals surface area contributed by atoms with Crippen LogP contribution < -0.4 is 10.6 Å². The third-order valence-electron chi connectivity index (χ3n) is 3.85. The first kappa shape index (κ1) is 14.9. The number of nitrogens with one attached hydrogen (secondary N) is 2. The fourth-order valence-corrected chi connectivity index (χ4v) is 2.42. The number of piperazine rings is 1. The molecule has 17 heavy (non-hydrogen) atoms. The Morgan fingerprint density at radius 1 is 1.29 bits per heavy atom. The molecule has 2 N–H and O–H groups in total. The molecule has 1 atom stereocenters. The topological polar surface area (TPSA) is 27.3 Å². The van der Waals surface area contributed by atoms with E-state index in [1.165, 1.54) is 32.4 Å². The van der Waals surface area contributed by atoms with Gasteiger partial charge < -0.3 is 10.6 Å². The molecule has 3 nitrogen and oxygen atoms in total. The molecule has 1 unspecified atom stereocenters. The summed E-state index contributed by atoms with van der Waals surface area (Å²) < 4.78 is 0. The van der Waals surface area contributed by atoms with Gasteiger partial charge in [0.05, 0.1) is 0 Å². The summed E-state index contributed by atoms with van der Waals surface area (Å²) in [5.74, 6) is 0. The Kier molecular flexibility index (Phi) is 6.45. The van der Waals surface area contributed by atoms with Gasteiger partial charge >= 0.3 is 0 Å². The first-order valence-electron chi connectivity index (χ1n) is 7.25. The van der Waals surface area contributed by atoms with E-state index in [-0.39, 0.29) is 5.54 Å². The van der Waals surface area contributed by atoms with E-state index in [0.717, 1.165) is 19.6 Å². The van der Waals surface area contributed by atoms with Crippen molar-refractivity contribution in [1.82, 2.24) is 15.5 Å². The standard InChI is InChI=1S/C14H31N3/c1-5-6-7-13(2)16-12-14(3,4)17-10-8-15-9-11-17/h13,15-16H,5-12H2,1-4H3. The Morgan fingerprint density at radius 2 is 1.94 bits per heavy atom. The molecule has 0 bridgehead atoms. The number of rotatable bonds is 7. The molecule has 0 aromatic carbocycles. The van der Waals surface area contributed by atoms with E-state index < -0.39 is 0 Å². The lowest BCUT2D eigenvalue weighted by Gasteiger charge is -2.42. The Morgan fingerprint density at radius 3 is 2.53 bits per heavy atom. The van der Waals surface area contributed by atoms with Crippen molar-refractivity contribution in [2.75, 3.05) is 32.7 Å². The van der Waals surface area contributed by atoms with Crippen molar-refractivity contribution in [2.24, 2.45) is 0 Å². The highest BCUT2D eigenvalue weighted by molar-refractivity contribution is 4.87. The Bertz CT molecular complexity index is 198. The third-order valence-corrected chi connectivity index (χ3v) is 3.85. The molecule has 1 rings (SSSR count). The zero-order chi connectivity index (χ0) is 12.7. The molecule has 0 saturated carbocycles. The Balaban J connectivity index is 2.27. The van der Waals surface area contributed by atoms with Crippen molar-refractivity contribution in [3.8, 4) is 0 Å². The molecule has 0 aromatic rings. The first-order valence-corrected chi connectivity index (χ1v) is 7.25. The molecule has 0 aliphatic carbocycles. The lowest BCUT2D eigenvalue weighted by atomic mass is 10.0. The van der Waals surface area contributed by atoms with E-state index >= 15 is 0 Å². The van der Waals surface area contributed by atoms with Crippen LogP contribution in [-0.4, -0.2) is 49.2 Å². The lowest BCUT2D eigenvalue weighted by molar-refractivity contribution is 0.0995. The second kappa shape index (κ2) is 7.34. The van der Waals surface area contributed by atoms with Gasteiger partial charge in [0.2, 0.25) is 0 Å². The fourth-order valence-electron chi connectivity index (χ4n) is 2.42. The Hall–Kier alpha value is -0.120. The summed E-state index contributed by atoms with van der Waals surface area (Å²) in [5.41, 5.74) is 0.280. The van der Waals surface area contributed by atoms with E-state index in [4.69, 9.17) is 0 Å². The van der Waals surface area contributed by atoms with Crippen LogP contribution in [0, 0.1) is 0 Å². The van der Waals surface area contributed by atoms with Gasteiger partial charge in [0.25, 0.3) is 0 Å². The van der Waals surface area contributed by atoms with E-state index in [1.807, 2.05) is 0 Å². The third kappa shape index (κ3) is 5.36. The van der Waals surface area contributed by atoms with Gasteiger partial charge in [0.1, 0.15) is 0 Å². The van der Waals surface area contributed by atoms with Gasteiger partial charge in [0.15, 0.2) is 0 Å². The van der Waals surface area contributed by atoms with Crippen LogP contribution in [0.2, 0.25) is 0 Å². The van der Waals surface area contributed by atoms with Crippen molar-refractivity contribution in [1.29, 1.82) is 0 Å². The minimum Gasteiger partial charge on any atom is -0.314 e. The van der Waals surface area contributed by atoms with Crippen molar-refractivity contribution in [3.63, 3.8) is 0 Å². The van der Waals surface area contributed by atoms with Gasteiger partial charge in [-0.2, -0.15) is 0 Å². The summed E-state index contributed by atoms with van der Waals surface area (Å²) in [6, 6.07) is 0.650. The highest BCUT2D eigenvalue weighted by Crippen LogP contribution is 2.14. The SMILES string of the molecule is CCCCC(C)NCC(C)(C)N1CCNCC1. The minimum atomic E-state index is 0.280. The van der Waals surface area contributed by atoms with Crippen LogP contribution in [0.4, 0.5) is 0 Å². The van der Waals surface area contributed by atoms with Gasteiger partial charge in [0, 0.05) is 44.3 Å². The van der Waals surface area contributed by atoms with Crippen molar-refractivity contribution in [2.45, 2.75) is 58.5 Å². The molecule has 1 fully saturated rings. The number of hydrogen-bond donors (Lipinski definition) is 2. The lowest BCUT2D eigenvalue weighted by Crippen LogP contribution is -2.57. The number of hydrogen-bond acceptors (Lipinski definition) is 3. The second-order valence-electron chi connectivity index (χ2n) is 5.97. The van der Waals surface area contributed by atoms with E-state index in [1.54, 1.807) is 0 Å². The zero-order valence-corrected chi connectivity index (χ0v) is 12.2. The molecular formula is C14H31N3. The molecule has 1 saturated heterocycles. The van der Waals surface area contributed by atoms with Crippen molar-refractivity contribution in [3.05, 3.63) is 0 Å². The maximum Gasteiger partial charge on any atom is 0.0278 e. The van der Waals surface area contributed by atoms with Crippen molar-refractivity contribution < 1.29 is 0 Å². The summed E-state index contributed by atoms with van der Waals surface area (Å²) in [5, 5.41) is 7.11. The molecular weight excluding hydrogens is 210 g/mol. The van der Waals surface area contributed by atoms with Crippen LogP contribution in [0.5, 0.6) is 0 Å². The van der Waals surface area contributed by atoms with Gasteiger partial charge in [-0.1, -0.05) is 19.8 Å². The van der Waals surface area contributed by atoms with E-state index in [9.17, 15) is 0 Å². The van der Waals surface area contributed by atoms with Crippen LogP contribution in [0.15, 0.2) is 0 Å². The quantitative estimate of drug-likeness (QED) is 0.712. The summed E-state index contributed by atoms with van der Waals surface area (Å²) in [7, 11) is 0. The fraction of sp³-hybridized carbons (Fsp3) is 1.00. The van der Waals surface area contributed by atoms with Gasteiger partial charge in [-0.05, 0) is 27.2 Å². The van der Waals surface area contributed by atoms with Gasteiger partial charge in [-0.15, -0.1) is 0 Å². The normalized spacial score (nSPS) is 20.5. The van der Waals surface area contributed by atoms with Crippen molar-refractivity contribution >= 4 is 0 Å². The zero-order valence-electron chi connectivity index (χ0n) is 12.2. The Labute approximate surface area is 107 Å². The molecule has 0 amide bonds. The van der Waals surface area contributed by atoms with E-state index in [2.05, 4.69) is 43.2 Å². The molecule has 0 aromatic heterocycles. The highest BCUT2D eigenvalue weighted by Gasteiger charge is 2.27. The number of nitrogens with zero attached hydrogens (tertiary/aromatic N) is 1. The maximum atomic E-state index is 3.69. The monoisotopic (exact) mass is 241 g/mol. The van der Waals surface area contributed by atoms with Crippen LogP contribution in [0.25, 0.3) is 0 Å². The minimum absolute atomic E-state index is 0.280. The molecule has 1 heterocycles. The predicted octanol–water partition coefficient (Wildman–Crippen LogP) is 1.84. The van der Waals surface area contributed by atoms with Crippen LogP contribution >= 0.6 is 0 Å². The largest absolute Gasteiger partial charge is 0.314 e. The molecule has 0 radical (unpaired) electrons. The molecule has 3 heteroatoms. The van der Waals surface area contributed by atoms with Crippen LogP contribution in [-0.2, 0) is 0 Å². The average Bonchev–Trinajstić information content (AvgIpc) is 2.35. The summed E-state index contributed by atoms with van der Waals surface area (Å²) in [6.45, 7) is 15.0. The van der Waals surface area contributed by atoms with Crippen LogP contribution in [0.1, 0.15) is 47.0 Å². The second-order valence-corrected chi connectivity index (χ2v) is 5.97. The predicted molar refractivity (Wildman–Crippen MR) is 75.5 cm³/mol. The summed E-state index contributed by atoms with van der Waals surface area (Å²) in [6.07, 6.45) is 3.93. The molecule has 102 valence electrons. The molecule has 1 aliphatic rings. The highest BCUT2D eigenvalue weighted by atomic mass is 15.2. The summed E-state index contributed by atoms with van der Waals surface area (Å²) in [4.78, 5) is 2.60. The van der Waals surface area contributed by atoms with Crippen LogP contribution in [0.3, 0.4) is 0 Å². The van der Waals surface area contributed by atoms with Gasteiger partial charge in [-0.25, -0.2) is 0 Å². The average molecular weight is 241 g/mol. The smallest absolute Gasteiger partial charge is 0.0278 e. The maximum absolute atomic E-state index is 3.69. The number of unbranched alkanes of at least 4 members (excludes halogenated alkanes) is 1. The first-order chi connectivity index (χ1) is 8.06. The molecule has 1 aliphatic heterocycles.